The summed E-state index contributed by atoms with van der Waals surface area (Å²) in [6.45, 7) is 1.45. The Balaban J connectivity index is 2.27. The van der Waals surface area contributed by atoms with Crippen molar-refractivity contribution < 1.29 is 14.5 Å². The Kier molecular flexibility index (Phi) is 2.97. The van der Waals surface area contributed by atoms with Gasteiger partial charge in [0.15, 0.2) is 12.4 Å². The smallest absolute Gasteiger partial charge is 0.277 e. The van der Waals surface area contributed by atoms with Gasteiger partial charge in [-0.1, -0.05) is 12.2 Å². The Morgan fingerprint density at radius 2 is 2.39 bits per heavy atom. The van der Waals surface area contributed by atoms with Crippen molar-refractivity contribution >= 4 is 6.29 Å². The third kappa shape index (κ3) is 1.90. The molecule has 0 saturated carbocycles. The summed E-state index contributed by atoms with van der Waals surface area (Å²) in [5.74, 6) is 0.128. The number of hydrogen-bond acceptors (Lipinski definition) is 5. The first-order chi connectivity index (χ1) is 8.58. The van der Waals surface area contributed by atoms with E-state index in [2.05, 4.69) is 10.2 Å². The summed E-state index contributed by atoms with van der Waals surface area (Å²) in [4.78, 5) is 21.4. The van der Waals surface area contributed by atoms with Crippen LogP contribution in [-0.2, 0) is 0 Å². The van der Waals surface area contributed by atoms with Crippen molar-refractivity contribution in [3.05, 3.63) is 46.2 Å². The van der Waals surface area contributed by atoms with Crippen LogP contribution in [0.3, 0.4) is 0 Å². The number of aromatic amines is 1. The maximum Gasteiger partial charge on any atom is 0.277 e. The molecule has 1 heterocycles. The van der Waals surface area contributed by atoms with Gasteiger partial charge in [0.25, 0.3) is 5.54 Å². The maximum absolute atomic E-state index is 11.1. The van der Waals surface area contributed by atoms with Crippen LogP contribution in [0.25, 0.3) is 0 Å². The van der Waals surface area contributed by atoms with Gasteiger partial charge in [-0.25, -0.2) is 5.10 Å². The Morgan fingerprint density at radius 1 is 1.61 bits per heavy atom. The van der Waals surface area contributed by atoms with Crippen molar-refractivity contribution in [2.24, 2.45) is 0 Å². The van der Waals surface area contributed by atoms with Crippen molar-refractivity contribution in [1.82, 2.24) is 10.2 Å². The third-order valence-corrected chi connectivity index (χ3v) is 2.80. The predicted octanol–water partition coefficient (Wildman–Crippen LogP) is 1.13. The van der Waals surface area contributed by atoms with E-state index in [0.29, 0.717) is 6.29 Å². The monoisotopic (exact) mass is 249 g/mol. The molecule has 18 heavy (non-hydrogen) atoms. The van der Waals surface area contributed by atoms with Gasteiger partial charge in [-0.05, 0) is 12.2 Å². The topological polar surface area (TPSA) is 98.1 Å². The van der Waals surface area contributed by atoms with Gasteiger partial charge in [-0.3, -0.25) is 14.9 Å². The number of allylic oxidation sites excluding steroid dienone is 2. The molecular formula is C11H11N3O4. The van der Waals surface area contributed by atoms with Gasteiger partial charge in [-0.2, -0.15) is 5.10 Å². The van der Waals surface area contributed by atoms with Crippen molar-refractivity contribution in [3.8, 4) is 5.88 Å². The number of ether oxygens (including phenoxy) is 1. The van der Waals surface area contributed by atoms with Crippen LogP contribution < -0.4 is 4.74 Å². The molecule has 2 unspecified atom stereocenters. The molecule has 1 aromatic heterocycles. The van der Waals surface area contributed by atoms with E-state index in [-0.39, 0.29) is 11.4 Å². The SMILES string of the molecule is CC1([N+](=O)[O-])C=CC=CC1Oc1[nH]ncc1C=O. The average Bonchev–Trinajstić information content (AvgIpc) is 2.79. The molecule has 0 amide bonds. The first-order valence-electron chi connectivity index (χ1n) is 5.23. The quantitative estimate of drug-likeness (QED) is 0.490. The average molecular weight is 249 g/mol. The van der Waals surface area contributed by atoms with Crippen LogP contribution in [0.1, 0.15) is 17.3 Å². The lowest BCUT2D eigenvalue weighted by atomic mass is 9.91. The Bertz CT molecular complexity index is 534. The molecule has 0 aliphatic heterocycles. The van der Waals surface area contributed by atoms with Crippen molar-refractivity contribution in [2.45, 2.75) is 18.6 Å². The summed E-state index contributed by atoms with van der Waals surface area (Å²) in [6.07, 6.45) is 7.34. The fraction of sp³-hybridized carbons (Fsp3) is 0.273. The minimum absolute atomic E-state index is 0.128. The number of nitrogens with zero attached hydrogens (tertiary/aromatic N) is 2. The molecule has 7 heteroatoms. The number of aromatic nitrogens is 2. The molecule has 0 bridgehead atoms. The number of carbonyl (C=O) groups is 1. The normalized spacial score (nSPS) is 25.9. The second-order valence-corrected chi connectivity index (χ2v) is 4.04. The zero-order chi connectivity index (χ0) is 13.2. The Labute approximate surface area is 102 Å². The van der Waals surface area contributed by atoms with Crippen LogP contribution in [0.4, 0.5) is 0 Å². The molecule has 7 nitrogen and oxygen atoms in total. The number of rotatable bonds is 4. The van der Waals surface area contributed by atoms with Crippen LogP contribution in [0.2, 0.25) is 0 Å². The van der Waals surface area contributed by atoms with Gasteiger partial charge in [0.1, 0.15) is 0 Å². The van der Waals surface area contributed by atoms with E-state index >= 15 is 0 Å². The van der Waals surface area contributed by atoms with Gasteiger partial charge in [-0.15, -0.1) is 0 Å². The zero-order valence-corrected chi connectivity index (χ0v) is 9.57. The molecule has 0 fully saturated rings. The molecule has 1 aromatic rings. The second kappa shape index (κ2) is 4.44. The summed E-state index contributed by atoms with van der Waals surface area (Å²) >= 11 is 0. The van der Waals surface area contributed by atoms with E-state index in [1.54, 1.807) is 18.2 Å². The van der Waals surface area contributed by atoms with E-state index in [1.165, 1.54) is 19.2 Å². The molecular weight excluding hydrogens is 238 g/mol. The first-order valence-corrected chi connectivity index (χ1v) is 5.23. The van der Waals surface area contributed by atoms with Crippen molar-refractivity contribution in [3.63, 3.8) is 0 Å². The highest BCUT2D eigenvalue weighted by molar-refractivity contribution is 5.77. The number of carbonyl (C=O) groups excluding carboxylic acids is 1. The van der Waals surface area contributed by atoms with Gasteiger partial charge in [0, 0.05) is 11.8 Å². The molecule has 2 atom stereocenters. The highest BCUT2D eigenvalue weighted by atomic mass is 16.6. The first kappa shape index (κ1) is 12.0. The zero-order valence-electron chi connectivity index (χ0n) is 9.57. The van der Waals surface area contributed by atoms with Crippen LogP contribution in [0, 0.1) is 10.1 Å². The minimum atomic E-state index is -1.37. The van der Waals surface area contributed by atoms with Gasteiger partial charge in [0.05, 0.1) is 11.8 Å². The number of aldehydes is 1. The van der Waals surface area contributed by atoms with Crippen LogP contribution >= 0.6 is 0 Å². The largest absolute Gasteiger partial charge is 0.462 e. The van der Waals surface area contributed by atoms with E-state index in [4.69, 9.17) is 4.74 Å². The van der Waals surface area contributed by atoms with Gasteiger partial charge in [0.2, 0.25) is 5.88 Å². The van der Waals surface area contributed by atoms with E-state index in [1.807, 2.05) is 0 Å². The second-order valence-electron chi connectivity index (χ2n) is 4.04. The number of nitrogens with one attached hydrogen (secondary N) is 1. The number of nitro groups is 1. The molecule has 1 N–H and O–H groups in total. The Morgan fingerprint density at radius 3 is 3.06 bits per heavy atom. The lowest BCUT2D eigenvalue weighted by Gasteiger charge is -2.26. The van der Waals surface area contributed by atoms with E-state index in [9.17, 15) is 14.9 Å². The lowest BCUT2D eigenvalue weighted by Crippen LogP contribution is -2.48. The van der Waals surface area contributed by atoms with Crippen molar-refractivity contribution in [1.29, 1.82) is 0 Å². The van der Waals surface area contributed by atoms with Crippen LogP contribution in [0.15, 0.2) is 30.5 Å². The van der Waals surface area contributed by atoms with Gasteiger partial charge >= 0.3 is 0 Å². The molecule has 0 saturated heterocycles. The van der Waals surface area contributed by atoms with E-state index in [0.717, 1.165) is 0 Å². The van der Waals surface area contributed by atoms with Crippen LogP contribution in [0.5, 0.6) is 5.88 Å². The summed E-state index contributed by atoms with van der Waals surface area (Å²) in [7, 11) is 0. The molecule has 94 valence electrons. The third-order valence-electron chi connectivity index (χ3n) is 2.80. The maximum atomic E-state index is 11.1. The van der Waals surface area contributed by atoms with Crippen LogP contribution in [-0.4, -0.2) is 33.0 Å². The highest BCUT2D eigenvalue weighted by Gasteiger charge is 2.45. The summed E-state index contributed by atoms with van der Waals surface area (Å²) in [5, 5.41) is 17.3. The van der Waals surface area contributed by atoms with Crippen molar-refractivity contribution in [2.75, 3.05) is 0 Å². The number of H-pyrrole nitrogens is 1. The molecule has 2 rings (SSSR count). The summed E-state index contributed by atoms with van der Waals surface area (Å²) in [6, 6.07) is 0. The van der Waals surface area contributed by atoms with E-state index < -0.39 is 16.6 Å². The predicted molar refractivity (Wildman–Crippen MR) is 62.1 cm³/mol. The fourth-order valence-electron chi connectivity index (χ4n) is 1.62. The summed E-state index contributed by atoms with van der Waals surface area (Å²) in [5.41, 5.74) is -1.15. The summed E-state index contributed by atoms with van der Waals surface area (Å²) < 4.78 is 5.47. The Hall–Kier alpha value is -2.44. The highest BCUT2D eigenvalue weighted by Crippen LogP contribution is 2.26. The fourth-order valence-corrected chi connectivity index (χ4v) is 1.62. The molecule has 1 aliphatic rings. The molecule has 0 aromatic carbocycles. The molecule has 0 spiro atoms. The number of hydrogen-bond donors (Lipinski definition) is 1. The molecule has 0 radical (unpaired) electrons. The molecule has 1 aliphatic carbocycles. The standard InChI is InChI=1S/C11H11N3O4/c1-11(14(16)17)5-3-2-4-9(11)18-10-8(7-15)6-12-13-10/h2-7,9H,1H3,(H,12,13). The minimum Gasteiger partial charge on any atom is -0.462 e. The van der Waals surface area contributed by atoms with Gasteiger partial charge < -0.3 is 4.74 Å². The lowest BCUT2D eigenvalue weighted by molar-refractivity contribution is -0.558.